The second-order valence-corrected chi connectivity index (χ2v) is 3.22. The normalized spacial score (nSPS) is 11.6. The van der Waals surface area contributed by atoms with E-state index in [0.717, 1.165) is 5.56 Å². The van der Waals surface area contributed by atoms with Crippen molar-refractivity contribution in [2.45, 2.75) is 19.6 Å². The Morgan fingerprint density at radius 1 is 1.50 bits per heavy atom. The first-order valence-corrected chi connectivity index (χ1v) is 4.80. The highest BCUT2D eigenvalue weighted by Gasteiger charge is 2.14. The van der Waals surface area contributed by atoms with Gasteiger partial charge in [0, 0.05) is 0 Å². The van der Waals surface area contributed by atoms with Crippen LogP contribution in [0.25, 0.3) is 0 Å². The van der Waals surface area contributed by atoms with Crippen LogP contribution in [0.4, 0.5) is 0 Å². The zero-order chi connectivity index (χ0) is 12.0. The van der Waals surface area contributed by atoms with Crippen LogP contribution in [0.15, 0.2) is 29.4 Å². The average Bonchev–Trinajstić information content (AvgIpc) is 2.29. The second-order valence-electron chi connectivity index (χ2n) is 3.22. The molecular formula is C11H13NO4. The maximum Gasteiger partial charge on any atom is 0.346 e. The van der Waals surface area contributed by atoms with Crippen LogP contribution in [0, 0.1) is 4.91 Å². The Morgan fingerprint density at radius 3 is 2.88 bits per heavy atom. The van der Waals surface area contributed by atoms with Gasteiger partial charge in [0.25, 0.3) is 0 Å². The van der Waals surface area contributed by atoms with Gasteiger partial charge in [-0.15, -0.1) is 0 Å². The molecule has 1 aromatic rings. The number of methoxy groups -OCH3 is 1. The summed E-state index contributed by atoms with van der Waals surface area (Å²) in [7, 11) is 1.30. The number of hydrogen-bond acceptors (Lipinski definition) is 5. The molecule has 1 aromatic carbocycles. The highest BCUT2D eigenvalue weighted by Crippen LogP contribution is 2.15. The van der Waals surface area contributed by atoms with Crippen LogP contribution < -0.4 is 4.74 Å². The number of ether oxygens (including phenoxy) is 2. The number of esters is 1. The monoisotopic (exact) mass is 223 g/mol. The van der Waals surface area contributed by atoms with Gasteiger partial charge < -0.3 is 9.47 Å². The van der Waals surface area contributed by atoms with Crippen LogP contribution in [-0.4, -0.2) is 19.2 Å². The molecule has 0 bridgehead atoms. The standard InChI is InChI=1S/C11H13NO4/c1-8(11(13)15-2)16-10-5-3-4-9(6-10)7-12-14/h3-6,8H,7H2,1-2H3/t8-/m1/s1. The Kier molecular flexibility index (Phi) is 4.44. The fourth-order valence-electron chi connectivity index (χ4n) is 1.21. The SMILES string of the molecule is COC(=O)[C@@H](C)Oc1cccc(CN=O)c1. The number of nitrogens with zero attached hydrogens (tertiary/aromatic N) is 1. The lowest BCUT2D eigenvalue weighted by Crippen LogP contribution is -2.24. The molecule has 16 heavy (non-hydrogen) atoms. The van der Waals surface area contributed by atoms with E-state index < -0.39 is 12.1 Å². The predicted octanol–water partition coefficient (Wildman–Crippen LogP) is 1.89. The summed E-state index contributed by atoms with van der Waals surface area (Å²) in [6.07, 6.45) is -0.676. The van der Waals surface area contributed by atoms with Crippen molar-refractivity contribution in [3.63, 3.8) is 0 Å². The number of carbonyl (C=O) groups is 1. The van der Waals surface area contributed by atoms with Crippen LogP contribution >= 0.6 is 0 Å². The molecule has 0 aliphatic heterocycles. The van der Waals surface area contributed by atoms with Crippen molar-refractivity contribution in [2.75, 3.05) is 7.11 Å². The highest BCUT2D eigenvalue weighted by atomic mass is 16.6. The fourth-order valence-corrected chi connectivity index (χ4v) is 1.21. The molecule has 0 radical (unpaired) electrons. The van der Waals surface area contributed by atoms with Crippen molar-refractivity contribution in [3.8, 4) is 5.75 Å². The number of benzene rings is 1. The number of rotatable bonds is 5. The molecule has 5 nitrogen and oxygen atoms in total. The summed E-state index contributed by atoms with van der Waals surface area (Å²) in [6, 6.07) is 6.87. The summed E-state index contributed by atoms with van der Waals surface area (Å²) in [5.41, 5.74) is 0.740. The van der Waals surface area contributed by atoms with Crippen molar-refractivity contribution in [1.29, 1.82) is 0 Å². The fraction of sp³-hybridized carbons (Fsp3) is 0.364. The van der Waals surface area contributed by atoms with Crippen LogP contribution in [0.5, 0.6) is 5.75 Å². The first kappa shape index (κ1) is 12.2. The largest absolute Gasteiger partial charge is 0.479 e. The van der Waals surface area contributed by atoms with Crippen LogP contribution in [0.3, 0.4) is 0 Å². The molecule has 0 saturated carbocycles. The zero-order valence-corrected chi connectivity index (χ0v) is 9.17. The van der Waals surface area contributed by atoms with E-state index in [1.165, 1.54) is 7.11 Å². The molecule has 0 saturated heterocycles. The summed E-state index contributed by atoms with van der Waals surface area (Å²) in [6.45, 7) is 1.68. The number of nitroso groups, excluding NO2 is 1. The lowest BCUT2D eigenvalue weighted by molar-refractivity contribution is -0.147. The molecule has 0 fully saturated rings. The minimum atomic E-state index is -0.676. The second kappa shape index (κ2) is 5.85. The molecule has 0 aliphatic rings. The van der Waals surface area contributed by atoms with Gasteiger partial charge in [-0.3, -0.25) is 0 Å². The first-order valence-electron chi connectivity index (χ1n) is 4.80. The van der Waals surface area contributed by atoms with Crippen LogP contribution in [0.1, 0.15) is 12.5 Å². The summed E-state index contributed by atoms with van der Waals surface area (Å²) in [5.74, 6) is 0.0676. The summed E-state index contributed by atoms with van der Waals surface area (Å²) in [5, 5.41) is 2.78. The molecule has 0 spiro atoms. The number of carbonyl (C=O) groups excluding carboxylic acids is 1. The van der Waals surface area contributed by atoms with Gasteiger partial charge in [-0.2, -0.15) is 4.91 Å². The van der Waals surface area contributed by atoms with Gasteiger partial charge >= 0.3 is 5.97 Å². The van der Waals surface area contributed by atoms with E-state index in [-0.39, 0.29) is 6.54 Å². The van der Waals surface area contributed by atoms with Crippen molar-refractivity contribution < 1.29 is 14.3 Å². The van der Waals surface area contributed by atoms with Crippen molar-refractivity contribution in [2.24, 2.45) is 5.18 Å². The summed E-state index contributed by atoms with van der Waals surface area (Å²) >= 11 is 0. The van der Waals surface area contributed by atoms with Crippen LogP contribution in [-0.2, 0) is 16.1 Å². The van der Waals surface area contributed by atoms with Crippen LogP contribution in [0.2, 0.25) is 0 Å². The molecule has 5 heteroatoms. The van der Waals surface area contributed by atoms with E-state index in [1.807, 2.05) is 0 Å². The third-order valence-corrected chi connectivity index (χ3v) is 1.99. The van der Waals surface area contributed by atoms with Gasteiger partial charge in [-0.05, 0) is 24.6 Å². The Hall–Kier alpha value is -1.91. The van der Waals surface area contributed by atoms with Crippen molar-refractivity contribution in [3.05, 3.63) is 34.7 Å². The van der Waals surface area contributed by atoms with Gasteiger partial charge in [-0.25, -0.2) is 4.79 Å². The van der Waals surface area contributed by atoms with Gasteiger partial charge in [0.15, 0.2) is 6.10 Å². The molecule has 0 aliphatic carbocycles. The average molecular weight is 223 g/mol. The summed E-state index contributed by atoms with van der Waals surface area (Å²) < 4.78 is 9.87. The lowest BCUT2D eigenvalue weighted by Gasteiger charge is -2.12. The third kappa shape index (κ3) is 3.34. The van der Waals surface area contributed by atoms with Gasteiger partial charge in [0.2, 0.25) is 0 Å². The Morgan fingerprint density at radius 2 is 2.25 bits per heavy atom. The Balaban J connectivity index is 2.69. The van der Waals surface area contributed by atoms with E-state index in [0.29, 0.717) is 5.75 Å². The molecule has 1 atom stereocenters. The molecule has 0 aromatic heterocycles. The van der Waals surface area contributed by atoms with Gasteiger partial charge in [-0.1, -0.05) is 17.3 Å². The van der Waals surface area contributed by atoms with Gasteiger partial charge in [0.05, 0.1) is 7.11 Å². The molecule has 0 unspecified atom stereocenters. The molecule has 0 amide bonds. The Labute approximate surface area is 93.3 Å². The smallest absolute Gasteiger partial charge is 0.346 e. The first-order chi connectivity index (χ1) is 7.67. The van der Waals surface area contributed by atoms with E-state index in [4.69, 9.17) is 4.74 Å². The molecular weight excluding hydrogens is 210 g/mol. The van der Waals surface area contributed by atoms with E-state index in [2.05, 4.69) is 9.91 Å². The zero-order valence-electron chi connectivity index (χ0n) is 9.17. The number of hydrogen-bond donors (Lipinski definition) is 0. The van der Waals surface area contributed by atoms with Crippen molar-refractivity contribution in [1.82, 2.24) is 0 Å². The minimum absolute atomic E-state index is 0.0871. The maximum absolute atomic E-state index is 11.1. The molecule has 1 rings (SSSR count). The van der Waals surface area contributed by atoms with E-state index in [1.54, 1.807) is 31.2 Å². The minimum Gasteiger partial charge on any atom is -0.479 e. The summed E-state index contributed by atoms with van der Waals surface area (Å²) in [4.78, 5) is 21.2. The van der Waals surface area contributed by atoms with Crippen molar-refractivity contribution >= 4 is 5.97 Å². The molecule has 0 heterocycles. The Bertz CT molecular complexity index is 378. The predicted molar refractivity (Wildman–Crippen MR) is 58.0 cm³/mol. The molecule has 0 N–H and O–H groups in total. The highest BCUT2D eigenvalue weighted by molar-refractivity contribution is 5.74. The third-order valence-electron chi connectivity index (χ3n) is 1.99. The topological polar surface area (TPSA) is 65.0 Å². The van der Waals surface area contributed by atoms with Gasteiger partial charge in [0.1, 0.15) is 12.3 Å². The van der Waals surface area contributed by atoms with E-state index in [9.17, 15) is 9.70 Å². The maximum atomic E-state index is 11.1. The lowest BCUT2D eigenvalue weighted by atomic mass is 10.2. The molecule has 86 valence electrons. The quantitative estimate of drug-likeness (QED) is 0.564. The van der Waals surface area contributed by atoms with E-state index >= 15 is 0 Å².